The van der Waals surface area contributed by atoms with E-state index in [2.05, 4.69) is 10.5 Å². The van der Waals surface area contributed by atoms with Gasteiger partial charge in [0.25, 0.3) is 5.91 Å². The molecule has 0 spiro atoms. The van der Waals surface area contributed by atoms with Gasteiger partial charge in [-0.25, -0.2) is 0 Å². The third-order valence-corrected chi connectivity index (χ3v) is 3.46. The summed E-state index contributed by atoms with van der Waals surface area (Å²) in [5.41, 5.74) is 0.736. The van der Waals surface area contributed by atoms with Crippen molar-refractivity contribution in [3.05, 3.63) is 17.5 Å². The van der Waals surface area contributed by atoms with E-state index in [-0.39, 0.29) is 29.5 Å². The SMILES string of the molecule is CC(C)c1cc(C(=O)N[C@@H]2CC[C@H](C(=O)O)C2)on1. The van der Waals surface area contributed by atoms with Crippen LogP contribution in [-0.4, -0.2) is 28.2 Å². The van der Waals surface area contributed by atoms with Gasteiger partial charge in [0.05, 0.1) is 11.6 Å². The van der Waals surface area contributed by atoms with Crippen LogP contribution in [0.25, 0.3) is 0 Å². The minimum Gasteiger partial charge on any atom is -0.481 e. The lowest BCUT2D eigenvalue weighted by Gasteiger charge is -2.10. The van der Waals surface area contributed by atoms with Crippen LogP contribution in [-0.2, 0) is 4.79 Å². The molecule has 0 aliphatic heterocycles. The maximum atomic E-state index is 11.9. The Bertz CT molecular complexity index is 481. The molecule has 0 saturated heterocycles. The molecule has 2 rings (SSSR count). The van der Waals surface area contributed by atoms with Crippen LogP contribution >= 0.6 is 0 Å². The molecular formula is C13H18N2O4. The molecular weight excluding hydrogens is 248 g/mol. The van der Waals surface area contributed by atoms with Crippen molar-refractivity contribution < 1.29 is 19.2 Å². The quantitative estimate of drug-likeness (QED) is 0.866. The lowest BCUT2D eigenvalue weighted by atomic mass is 10.1. The zero-order valence-electron chi connectivity index (χ0n) is 11.0. The molecule has 1 fully saturated rings. The number of aliphatic carboxylic acids is 1. The van der Waals surface area contributed by atoms with E-state index in [1.54, 1.807) is 6.07 Å². The fourth-order valence-corrected chi connectivity index (χ4v) is 2.26. The Labute approximate surface area is 111 Å². The summed E-state index contributed by atoms with van der Waals surface area (Å²) in [6.45, 7) is 3.93. The molecule has 0 bridgehead atoms. The van der Waals surface area contributed by atoms with Gasteiger partial charge in [0.2, 0.25) is 5.76 Å². The summed E-state index contributed by atoms with van der Waals surface area (Å²) in [7, 11) is 0. The fraction of sp³-hybridized carbons (Fsp3) is 0.615. The van der Waals surface area contributed by atoms with Crippen LogP contribution in [0.5, 0.6) is 0 Å². The summed E-state index contributed by atoms with van der Waals surface area (Å²) in [5, 5.41) is 15.5. The molecule has 1 aliphatic carbocycles. The molecule has 0 unspecified atom stereocenters. The van der Waals surface area contributed by atoms with E-state index < -0.39 is 5.97 Å². The number of hydrogen-bond acceptors (Lipinski definition) is 4. The average Bonchev–Trinajstić information content (AvgIpc) is 2.96. The Morgan fingerprint density at radius 2 is 2.21 bits per heavy atom. The predicted molar refractivity (Wildman–Crippen MR) is 66.8 cm³/mol. The van der Waals surface area contributed by atoms with Crippen LogP contribution in [0, 0.1) is 5.92 Å². The van der Waals surface area contributed by atoms with Crippen molar-refractivity contribution in [2.24, 2.45) is 5.92 Å². The molecule has 2 N–H and O–H groups in total. The highest BCUT2D eigenvalue weighted by Gasteiger charge is 2.31. The first-order valence-corrected chi connectivity index (χ1v) is 6.47. The Morgan fingerprint density at radius 3 is 2.74 bits per heavy atom. The number of carboxylic acid groups (broad SMARTS) is 1. The first-order valence-electron chi connectivity index (χ1n) is 6.47. The second-order valence-electron chi connectivity index (χ2n) is 5.29. The van der Waals surface area contributed by atoms with E-state index in [4.69, 9.17) is 9.63 Å². The summed E-state index contributed by atoms with van der Waals surface area (Å²) in [6.07, 6.45) is 1.77. The Kier molecular flexibility index (Phi) is 3.87. The van der Waals surface area contributed by atoms with Gasteiger partial charge < -0.3 is 14.9 Å². The standard InChI is InChI=1S/C13H18N2O4/c1-7(2)10-6-11(19-15-10)12(16)14-9-4-3-8(5-9)13(17)18/h6-9H,3-5H2,1-2H3,(H,14,16)(H,17,18)/t8-,9+/m0/s1. The number of carbonyl (C=O) groups excluding carboxylic acids is 1. The van der Waals surface area contributed by atoms with Crippen LogP contribution in [0.2, 0.25) is 0 Å². The number of carbonyl (C=O) groups is 2. The fourth-order valence-electron chi connectivity index (χ4n) is 2.26. The zero-order valence-corrected chi connectivity index (χ0v) is 11.0. The average molecular weight is 266 g/mol. The van der Waals surface area contributed by atoms with Crippen molar-refractivity contribution in [3.8, 4) is 0 Å². The van der Waals surface area contributed by atoms with Crippen molar-refractivity contribution in [1.82, 2.24) is 10.5 Å². The van der Waals surface area contributed by atoms with E-state index >= 15 is 0 Å². The van der Waals surface area contributed by atoms with Crippen LogP contribution in [0.15, 0.2) is 10.6 Å². The molecule has 1 heterocycles. The van der Waals surface area contributed by atoms with Crippen LogP contribution < -0.4 is 5.32 Å². The van der Waals surface area contributed by atoms with Gasteiger partial charge in [0.1, 0.15) is 0 Å². The molecule has 0 aromatic carbocycles. The monoisotopic (exact) mass is 266 g/mol. The smallest absolute Gasteiger partial charge is 0.306 e. The van der Waals surface area contributed by atoms with Crippen molar-refractivity contribution in [1.29, 1.82) is 0 Å². The van der Waals surface area contributed by atoms with Gasteiger partial charge in [-0.3, -0.25) is 9.59 Å². The van der Waals surface area contributed by atoms with Crippen LogP contribution in [0.1, 0.15) is 55.3 Å². The molecule has 1 saturated carbocycles. The highest BCUT2D eigenvalue weighted by molar-refractivity contribution is 5.91. The molecule has 104 valence electrons. The largest absolute Gasteiger partial charge is 0.481 e. The number of rotatable bonds is 4. The van der Waals surface area contributed by atoms with Crippen molar-refractivity contribution in [3.63, 3.8) is 0 Å². The Balaban J connectivity index is 1.92. The van der Waals surface area contributed by atoms with Gasteiger partial charge in [-0.1, -0.05) is 19.0 Å². The summed E-state index contributed by atoms with van der Waals surface area (Å²) in [5.74, 6) is -1.09. The lowest BCUT2D eigenvalue weighted by Crippen LogP contribution is -2.33. The molecule has 1 aromatic heterocycles. The number of carboxylic acids is 1. The molecule has 1 aliphatic rings. The maximum absolute atomic E-state index is 11.9. The lowest BCUT2D eigenvalue weighted by molar-refractivity contribution is -0.141. The highest BCUT2D eigenvalue weighted by atomic mass is 16.5. The normalized spacial score (nSPS) is 22.7. The topological polar surface area (TPSA) is 92.4 Å². The predicted octanol–water partition coefficient (Wildman–Crippen LogP) is 1.78. The van der Waals surface area contributed by atoms with E-state index in [1.807, 2.05) is 13.8 Å². The van der Waals surface area contributed by atoms with Gasteiger partial charge >= 0.3 is 5.97 Å². The Hall–Kier alpha value is -1.85. The first-order chi connectivity index (χ1) is 8.97. The van der Waals surface area contributed by atoms with E-state index in [0.29, 0.717) is 19.3 Å². The second-order valence-corrected chi connectivity index (χ2v) is 5.29. The van der Waals surface area contributed by atoms with E-state index in [9.17, 15) is 9.59 Å². The van der Waals surface area contributed by atoms with Gasteiger partial charge in [-0.2, -0.15) is 0 Å². The minimum absolute atomic E-state index is 0.0961. The summed E-state index contributed by atoms with van der Waals surface area (Å²) < 4.78 is 4.99. The number of aromatic nitrogens is 1. The minimum atomic E-state index is -0.793. The third-order valence-electron chi connectivity index (χ3n) is 3.46. The number of nitrogens with zero attached hydrogens (tertiary/aromatic N) is 1. The number of hydrogen-bond donors (Lipinski definition) is 2. The van der Waals surface area contributed by atoms with Crippen molar-refractivity contribution >= 4 is 11.9 Å². The van der Waals surface area contributed by atoms with Gasteiger partial charge in [-0.15, -0.1) is 0 Å². The molecule has 1 aromatic rings. The van der Waals surface area contributed by atoms with E-state index in [0.717, 1.165) is 5.69 Å². The molecule has 1 amide bonds. The molecule has 6 heteroatoms. The number of amides is 1. The van der Waals surface area contributed by atoms with E-state index in [1.165, 1.54) is 0 Å². The summed E-state index contributed by atoms with van der Waals surface area (Å²) in [4.78, 5) is 22.8. The van der Waals surface area contributed by atoms with Gasteiger partial charge in [-0.05, 0) is 25.2 Å². The molecule has 2 atom stereocenters. The van der Waals surface area contributed by atoms with Gasteiger partial charge in [0.15, 0.2) is 0 Å². The molecule has 0 radical (unpaired) electrons. The van der Waals surface area contributed by atoms with Crippen LogP contribution in [0.4, 0.5) is 0 Å². The summed E-state index contributed by atoms with van der Waals surface area (Å²) >= 11 is 0. The van der Waals surface area contributed by atoms with Crippen molar-refractivity contribution in [2.45, 2.75) is 45.1 Å². The first kappa shape index (κ1) is 13.6. The zero-order chi connectivity index (χ0) is 14.0. The Morgan fingerprint density at radius 1 is 1.47 bits per heavy atom. The van der Waals surface area contributed by atoms with Crippen molar-refractivity contribution in [2.75, 3.05) is 0 Å². The number of nitrogens with one attached hydrogen (secondary N) is 1. The molecule has 19 heavy (non-hydrogen) atoms. The third kappa shape index (κ3) is 3.13. The van der Waals surface area contributed by atoms with Crippen LogP contribution in [0.3, 0.4) is 0 Å². The molecule has 6 nitrogen and oxygen atoms in total. The summed E-state index contributed by atoms with van der Waals surface area (Å²) in [6, 6.07) is 1.53. The highest BCUT2D eigenvalue weighted by Crippen LogP contribution is 2.26. The second kappa shape index (κ2) is 5.42. The van der Waals surface area contributed by atoms with Gasteiger partial charge in [0, 0.05) is 12.1 Å². The maximum Gasteiger partial charge on any atom is 0.306 e.